The van der Waals surface area contributed by atoms with Crippen LogP contribution in [0.25, 0.3) is 0 Å². The molecule has 0 aliphatic carbocycles. The van der Waals surface area contributed by atoms with E-state index in [2.05, 4.69) is 4.52 Å². The summed E-state index contributed by atoms with van der Waals surface area (Å²) in [6.07, 6.45) is 0. The largest absolute Gasteiger partial charge is 0.524 e. The summed E-state index contributed by atoms with van der Waals surface area (Å²) >= 11 is 0. The molecule has 0 radical (unpaired) electrons. The van der Waals surface area contributed by atoms with E-state index in [1.807, 2.05) is 12.1 Å². The summed E-state index contributed by atoms with van der Waals surface area (Å²) in [5.74, 6) is 0.517. The zero-order valence-corrected chi connectivity index (χ0v) is 11.9. The van der Waals surface area contributed by atoms with Crippen LogP contribution in [0.3, 0.4) is 0 Å². The first kappa shape index (κ1) is 15.6. The van der Waals surface area contributed by atoms with E-state index in [0.29, 0.717) is 5.75 Å². The van der Waals surface area contributed by atoms with Gasteiger partial charge in [0, 0.05) is 6.07 Å². The lowest BCUT2D eigenvalue weighted by Gasteiger charge is -2.10. The van der Waals surface area contributed by atoms with Crippen LogP contribution in [-0.2, 0) is 4.57 Å². The average molecular weight is 316 g/mol. The van der Waals surface area contributed by atoms with Crippen molar-refractivity contribution in [2.75, 3.05) is 0 Å². The number of ether oxygens (including phenoxy) is 1. The molecule has 0 saturated heterocycles. The van der Waals surface area contributed by atoms with E-state index in [0.717, 1.165) is 0 Å². The highest BCUT2D eigenvalue weighted by molar-refractivity contribution is 7.46. The zero-order valence-electron chi connectivity index (χ0n) is 11.0. The summed E-state index contributed by atoms with van der Waals surface area (Å²) in [5.41, 5.74) is 0.399. The lowest BCUT2D eigenvalue weighted by atomic mass is 10.1. The fraction of sp³-hybridized carbons (Fsp3) is 0. The minimum Gasteiger partial charge on any atom is -0.457 e. The first-order chi connectivity index (χ1) is 10.4. The van der Waals surface area contributed by atoms with Crippen LogP contribution in [-0.4, -0.2) is 9.79 Å². The fourth-order valence-corrected chi connectivity index (χ4v) is 2.03. The van der Waals surface area contributed by atoms with Crippen LogP contribution in [0.1, 0.15) is 11.1 Å². The molecule has 2 aromatic carbocycles. The third-order valence-corrected chi connectivity index (χ3v) is 2.95. The van der Waals surface area contributed by atoms with Crippen molar-refractivity contribution in [3.05, 3.63) is 53.6 Å². The van der Waals surface area contributed by atoms with Crippen molar-refractivity contribution in [3.8, 4) is 29.4 Å². The van der Waals surface area contributed by atoms with Crippen molar-refractivity contribution in [1.29, 1.82) is 10.5 Å². The van der Waals surface area contributed by atoms with Gasteiger partial charge in [0.05, 0.1) is 11.1 Å². The molecule has 0 atom stereocenters. The van der Waals surface area contributed by atoms with Gasteiger partial charge < -0.3 is 9.26 Å². The number of hydrogen-bond donors (Lipinski definition) is 2. The van der Waals surface area contributed by atoms with Crippen molar-refractivity contribution in [2.24, 2.45) is 0 Å². The maximum atomic E-state index is 10.8. The van der Waals surface area contributed by atoms with Gasteiger partial charge in [-0.15, -0.1) is 0 Å². The van der Waals surface area contributed by atoms with Gasteiger partial charge in [0.25, 0.3) is 0 Å². The molecule has 2 N–H and O–H groups in total. The first-order valence-electron chi connectivity index (χ1n) is 5.88. The summed E-state index contributed by atoms with van der Waals surface area (Å²) in [7, 11) is -4.65. The van der Waals surface area contributed by atoms with Crippen LogP contribution < -0.4 is 9.26 Å². The van der Waals surface area contributed by atoms with Crippen molar-refractivity contribution in [3.63, 3.8) is 0 Å². The van der Waals surface area contributed by atoms with Crippen molar-refractivity contribution in [1.82, 2.24) is 0 Å². The highest BCUT2D eigenvalue weighted by atomic mass is 31.2. The van der Waals surface area contributed by atoms with E-state index in [1.54, 1.807) is 6.07 Å². The smallest absolute Gasteiger partial charge is 0.457 e. The number of rotatable bonds is 4. The topological polar surface area (TPSA) is 124 Å². The molecule has 8 heteroatoms. The van der Waals surface area contributed by atoms with Gasteiger partial charge in [0.1, 0.15) is 29.4 Å². The molecular formula is C14H9N2O5P. The minimum atomic E-state index is -4.65. The Morgan fingerprint density at radius 2 is 1.55 bits per heavy atom. The van der Waals surface area contributed by atoms with Gasteiger partial charge in [-0.05, 0) is 30.3 Å². The molecule has 110 valence electrons. The highest BCUT2D eigenvalue weighted by Gasteiger charge is 2.16. The predicted octanol–water partition coefficient (Wildman–Crippen LogP) is 2.69. The summed E-state index contributed by atoms with van der Waals surface area (Å²) < 4.78 is 20.7. The van der Waals surface area contributed by atoms with E-state index in [9.17, 15) is 4.57 Å². The minimum absolute atomic E-state index is 0.0556. The first-order valence-corrected chi connectivity index (χ1v) is 7.41. The molecule has 0 heterocycles. The molecule has 0 aromatic heterocycles. The van der Waals surface area contributed by atoms with Crippen LogP contribution in [0.2, 0.25) is 0 Å². The number of hydrogen-bond acceptors (Lipinski definition) is 5. The Kier molecular flexibility index (Phi) is 4.45. The molecule has 22 heavy (non-hydrogen) atoms. The van der Waals surface area contributed by atoms with Crippen LogP contribution in [0.5, 0.6) is 17.2 Å². The van der Waals surface area contributed by atoms with Crippen molar-refractivity contribution in [2.45, 2.75) is 0 Å². The third-order valence-electron chi connectivity index (χ3n) is 2.50. The van der Waals surface area contributed by atoms with Gasteiger partial charge in [-0.25, -0.2) is 4.57 Å². The lowest BCUT2D eigenvalue weighted by Crippen LogP contribution is -1.91. The van der Waals surface area contributed by atoms with Gasteiger partial charge >= 0.3 is 7.82 Å². The van der Waals surface area contributed by atoms with E-state index in [-0.39, 0.29) is 22.6 Å². The molecule has 0 saturated carbocycles. The van der Waals surface area contributed by atoms with Crippen LogP contribution in [0, 0.1) is 22.7 Å². The van der Waals surface area contributed by atoms with Gasteiger partial charge in [-0.3, -0.25) is 9.79 Å². The molecule has 7 nitrogen and oxygen atoms in total. The third kappa shape index (κ3) is 4.08. The normalized spacial score (nSPS) is 10.4. The fourth-order valence-electron chi connectivity index (χ4n) is 1.64. The lowest BCUT2D eigenvalue weighted by molar-refractivity contribution is 0.283. The maximum Gasteiger partial charge on any atom is 0.524 e. The van der Waals surface area contributed by atoms with Crippen LogP contribution in [0.15, 0.2) is 42.5 Å². The second kappa shape index (κ2) is 6.30. The highest BCUT2D eigenvalue weighted by Crippen LogP contribution is 2.38. The average Bonchev–Trinajstić information content (AvgIpc) is 2.45. The second-order valence-electron chi connectivity index (χ2n) is 4.09. The van der Waals surface area contributed by atoms with E-state index >= 15 is 0 Å². The molecule has 0 spiro atoms. The van der Waals surface area contributed by atoms with Crippen LogP contribution >= 0.6 is 7.82 Å². The summed E-state index contributed by atoms with van der Waals surface area (Å²) in [4.78, 5) is 17.5. The number of benzene rings is 2. The molecule has 0 fully saturated rings. The number of phosphoric ester groups is 1. The van der Waals surface area contributed by atoms with Gasteiger partial charge in [0.15, 0.2) is 0 Å². The number of phosphoric acid groups is 1. The Morgan fingerprint density at radius 1 is 0.909 bits per heavy atom. The van der Waals surface area contributed by atoms with Crippen LogP contribution in [0.4, 0.5) is 0 Å². The van der Waals surface area contributed by atoms with Gasteiger partial charge in [0.2, 0.25) is 0 Å². The predicted molar refractivity (Wildman–Crippen MR) is 75.1 cm³/mol. The molecule has 0 aliphatic heterocycles. The Hall–Kier alpha value is -2.83. The SMILES string of the molecule is N#Cc1ccc(Oc2cccc(OP(=O)(O)O)c2)cc1C#N. The number of nitrogens with zero attached hydrogens (tertiary/aromatic N) is 2. The van der Waals surface area contributed by atoms with Gasteiger partial charge in [-0.2, -0.15) is 10.5 Å². The molecule has 0 amide bonds. The summed E-state index contributed by atoms with van der Waals surface area (Å²) in [6, 6.07) is 13.8. The van der Waals surface area contributed by atoms with Crippen molar-refractivity contribution < 1.29 is 23.6 Å². The Morgan fingerprint density at radius 3 is 2.18 bits per heavy atom. The molecule has 0 unspecified atom stereocenters. The molecule has 0 bridgehead atoms. The molecule has 0 aliphatic rings. The Balaban J connectivity index is 2.25. The Bertz CT molecular complexity index is 832. The zero-order chi connectivity index (χ0) is 16.2. The second-order valence-corrected chi connectivity index (χ2v) is 5.25. The number of nitriles is 2. The monoisotopic (exact) mass is 316 g/mol. The summed E-state index contributed by atoms with van der Waals surface area (Å²) in [5, 5.41) is 17.8. The Labute approximate surface area is 125 Å². The van der Waals surface area contributed by atoms with E-state index in [1.165, 1.54) is 36.4 Å². The molecule has 2 aromatic rings. The van der Waals surface area contributed by atoms with Crippen molar-refractivity contribution >= 4 is 7.82 Å². The van der Waals surface area contributed by atoms with E-state index in [4.69, 9.17) is 25.0 Å². The quantitative estimate of drug-likeness (QED) is 0.831. The molecular weight excluding hydrogens is 307 g/mol. The standard InChI is InChI=1S/C14H9N2O5P/c15-8-10-4-5-13(6-11(10)9-16)20-12-2-1-3-14(7-12)21-22(17,18)19/h1-7H,(H2,17,18,19). The summed E-state index contributed by atoms with van der Waals surface area (Å²) in [6.45, 7) is 0. The van der Waals surface area contributed by atoms with E-state index < -0.39 is 7.82 Å². The maximum absolute atomic E-state index is 10.8. The van der Waals surface area contributed by atoms with Gasteiger partial charge in [-0.1, -0.05) is 6.07 Å². The molecule has 2 rings (SSSR count).